The molecule has 2 atom stereocenters. The van der Waals surface area contributed by atoms with Gasteiger partial charge in [0, 0.05) is 13.0 Å². The average Bonchev–Trinajstić information content (AvgIpc) is 2.42. The fraction of sp³-hybridized carbons (Fsp3) is 0.917. The Bertz CT molecular complexity index is 276. The first-order chi connectivity index (χ1) is 7.69. The molecule has 0 saturated carbocycles. The molecule has 1 amide bonds. The van der Waals surface area contributed by atoms with Crippen molar-refractivity contribution in [2.24, 2.45) is 0 Å². The van der Waals surface area contributed by atoms with E-state index < -0.39 is 17.9 Å². The van der Waals surface area contributed by atoms with Crippen molar-refractivity contribution in [2.45, 2.75) is 45.0 Å². The second-order valence-electron chi connectivity index (χ2n) is 5.88. The number of carbonyl (C=O) groups excluding carboxylic acids is 1. The summed E-state index contributed by atoms with van der Waals surface area (Å²) in [4.78, 5) is 15.4. The van der Waals surface area contributed by atoms with Gasteiger partial charge in [0.1, 0.15) is 11.8 Å². The Morgan fingerprint density at radius 1 is 1.47 bits per heavy atom. The molecule has 1 heterocycles. The number of halogens is 1. The highest BCUT2D eigenvalue weighted by molar-refractivity contribution is 5.69. The molecule has 0 aromatic heterocycles. The lowest BCUT2D eigenvalue weighted by molar-refractivity contribution is 0.0201. The highest BCUT2D eigenvalue weighted by Crippen LogP contribution is 2.23. The zero-order chi connectivity index (χ0) is 13.2. The summed E-state index contributed by atoms with van der Waals surface area (Å²) in [7, 11) is 3.83. The third-order valence-corrected chi connectivity index (χ3v) is 2.57. The van der Waals surface area contributed by atoms with Crippen LogP contribution in [-0.2, 0) is 4.74 Å². The molecule has 1 aliphatic rings. The number of alkyl halides is 1. The Balaban J connectivity index is 2.63. The lowest BCUT2D eigenvalue weighted by Gasteiger charge is -2.29. The van der Waals surface area contributed by atoms with E-state index >= 15 is 0 Å². The Labute approximate surface area is 103 Å². The van der Waals surface area contributed by atoms with Gasteiger partial charge in [0.15, 0.2) is 0 Å². The molecular weight excluding hydrogens is 223 g/mol. The molecule has 5 heteroatoms. The molecule has 17 heavy (non-hydrogen) atoms. The highest BCUT2D eigenvalue weighted by atomic mass is 19.1. The summed E-state index contributed by atoms with van der Waals surface area (Å²) in [6, 6.07) is -0.0881. The Hall–Kier alpha value is -0.840. The summed E-state index contributed by atoms with van der Waals surface area (Å²) < 4.78 is 18.7. The molecule has 1 rings (SSSR count). The molecule has 0 aliphatic carbocycles. The van der Waals surface area contributed by atoms with Crippen LogP contribution in [0.25, 0.3) is 0 Å². The predicted octanol–water partition coefficient (Wildman–Crippen LogP) is 1.90. The first kappa shape index (κ1) is 14.2. The monoisotopic (exact) mass is 246 g/mol. The number of hydrogen-bond donors (Lipinski definition) is 0. The van der Waals surface area contributed by atoms with Crippen molar-refractivity contribution in [3.05, 3.63) is 0 Å². The predicted molar refractivity (Wildman–Crippen MR) is 64.8 cm³/mol. The molecular formula is C12H23FN2O2. The van der Waals surface area contributed by atoms with Crippen LogP contribution in [0.4, 0.5) is 9.18 Å². The molecule has 100 valence electrons. The largest absolute Gasteiger partial charge is 0.444 e. The third-order valence-electron chi connectivity index (χ3n) is 2.57. The zero-order valence-corrected chi connectivity index (χ0v) is 11.4. The molecule has 0 radical (unpaired) electrons. The summed E-state index contributed by atoms with van der Waals surface area (Å²) in [5, 5.41) is 0. The molecule has 0 aromatic rings. The van der Waals surface area contributed by atoms with Crippen molar-refractivity contribution >= 4 is 6.09 Å². The van der Waals surface area contributed by atoms with Crippen LogP contribution in [0.1, 0.15) is 27.2 Å². The maximum Gasteiger partial charge on any atom is 0.410 e. The number of amides is 1. The van der Waals surface area contributed by atoms with Crippen LogP contribution in [0.5, 0.6) is 0 Å². The second-order valence-corrected chi connectivity index (χ2v) is 5.88. The molecule has 0 aromatic carbocycles. The van der Waals surface area contributed by atoms with Gasteiger partial charge in [0.05, 0.1) is 12.6 Å². The van der Waals surface area contributed by atoms with Crippen molar-refractivity contribution in [3.63, 3.8) is 0 Å². The number of likely N-dealkylation sites (tertiary alicyclic amines) is 1. The van der Waals surface area contributed by atoms with Crippen LogP contribution in [-0.4, -0.2) is 60.9 Å². The smallest absolute Gasteiger partial charge is 0.410 e. The van der Waals surface area contributed by atoms with E-state index in [0.717, 1.165) is 0 Å². The zero-order valence-electron chi connectivity index (χ0n) is 11.4. The first-order valence-corrected chi connectivity index (χ1v) is 5.97. The molecule has 1 unspecified atom stereocenters. The van der Waals surface area contributed by atoms with Crippen molar-refractivity contribution < 1.29 is 13.9 Å². The standard InChI is InChI=1S/C12H23FN2O2/c1-12(2,3)17-11(16)15-7-9(13)6-10(15)8-14(4)5/h9-10H,6-8H2,1-5H3/t9-,10?/m1/s1. The van der Waals surface area contributed by atoms with Gasteiger partial charge < -0.3 is 14.5 Å². The number of rotatable bonds is 2. The second kappa shape index (κ2) is 5.21. The van der Waals surface area contributed by atoms with E-state index in [4.69, 9.17) is 4.74 Å². The summed E-state index contributed by atoms with van der Waals surface area (Å²) in [6.07, 6.45) is -0.950. The fourth-order valence-electron chi connectivity index (χ4n) is 2.00. The summed E-state index contributed by atoms with van der Waals surface area (Å²) in [5.41, 5.74) is -0.534. The SMILES string of the molecule is CN(C)CC1C[C@@H](F)CN1C(=O)OC(C)(C)C. The Kier molecular flexibility index (Phi) is 4.36. The van der Waals surface area contributed by atoms with Crippen LogP contribution >= 0.6 is 0 Å². The number of hydrogen-bond acceptors (Lipinski definition) is 3. The Morgan fingerprint density at radius 2 is 2.06 bits per heavy atom. The first-order valence-electron chi connectivity index (χ1n) is 5.97. The minimum atomic E-state index is -0.938. The van der Waals surface area contributed by atoms with Gasteiger partial charge in [-0.2, -0.15) is 0 Å². The van der Waals surface area contributed by atoms with E-state index in [1.807, 2.05) is 39.8 Å². The average molecular weight is 246 g/mol. The molecule has 0 bridgehead atoms. The quantitative estimate of drug-likeness (QED) is 0.746. The molecule has 1 aliphatic heterocycles. The molecule has 0 N–H and O–H groups in total. The molecule has 4 nitrogen and oxygen atoms in total. The number of carbonyl (C=O) groups is 1. The maximum atomic E-state index is 13.4. The van der Waals surface area contributed by atoms with Crippen molar-refractivity contribution in [3.8, 4) is 0 Å². The van der Waals surface area contributed by atoms with Crippen LogP contribution in [0.15, 0.2) is 0 Å². The van der Waals surface area contributed by atoms with Crippen LogP contribution < -0.4 is 0 Å². The van der Waals surface area contributed by atoms with E-state index in [2.05, 4.69) is 0 Å². The van der Waals surface area contributed by atoms with Gasteiger partial charge in [-0.3, -0.25) is 0 Å². The van der Waals surface area contributed by atoms with E-state index in [-0.39, 0.29) is 12.6 Å². The third kappa shape index (κ3) is 4.50. The molecule has 1 saturated heterocycles. The van der Waals surface area contributed by atoms with Gasteiger partial charge in [-0.1, -0.05) is 0 Å². The highest BCUT2D eigenvalue weighted by Gasteiger charge is 2.37. The normalized spacial score (nSPS) is 25.5. The van der Waals surface area contributed by atoms with Crippen molar-refractivity contribution in [2.75, 3.05) is 27.2 Å². The lowest BCUT2D eigenvalue weighted by Crippen LogP contribution is -2.43. The van der Waals surface area contributed by atoms with E-state index in [1.54, 1.807) is 0 Å². The molecule has 0 spiro atoms. The van der Waals surface area contributed by atoms with Gasteiger partial charge in [-0.15, -0.1) is 0 Å². The molecule has 1 fully saturated rings. The topological polar surface area (TPSA) is 32.8 Å². The summed E-state index contributed by atoms with van der Waals surface area (Å²) >= 11 is 0. The van der Waals surface area contributed by atoms with Gasteiger partial charge >= 0.3 is 6.09 Å². The van der Waals surface area contributed by atoms with Gasteiger partial charge in [-0.05, 0) is 34.9 Å². The lowest BCUT2D eigenvalue weighted by atomic mass is 10.2. The maximum absolute atomic E-state index is 13.4. The van der Waals surface area contributed by atoms with Crippen LogP contribution in [0, 0.1) is 0 Å². The summed E-state index contributed by atoms with van der Waals surface area (Å²) in [6.45, 7) is 6.26. The number of ether oxygens (including phenoxy) is 1. The number of likely N-dealkylation sites (N-methyl/N-ethyl adjacent to an activating group) is 1. The fourth-order valence-corrected chi connectivity index (χ4v) is 2.00. The van der Waals surface area contributed by atoms with Crippen LogP contribution in [0.2, 0.25) is 0 Å². The minimum Gasteiger partial charge on any atom is -0.444 e. The van der Waals surface area contributed by atoms with Gasteiger partial charge in [0.2, 0.25) is 0 Å². The summed E-state index contributed by atoms with van der Waals surface area (Å²) in [5.74, 6) is 0. The van der Waals surface area contributed by atoms with Gasteiger partial charge in [-0.25, -0.2) is 9.18 Å². The van der Waals surface area contributed by atoms with Gasteiger partial charge in [0.25, 0.3) is 0 Å². The van der Waals surface area contributed by atoms with E-state index in [0.29, 0.717) is 13.0 Å². The Morgan fingerprint density at radius 3 is 2.53 bits per heavy atom. The van der Waals surface area contributed by atoms with E-state index in [9.17, 15) is 9.18 Å². The minimum absolute atomic E-state index is 0.0881. The van der Waals surface area contributed by atoms with E-state index in [1.165, 1.54) is 4.90 Å². The number of nitrogens with zero attached hydrogens (tertiary/aromatic N) is 2. The van der Waals surface area contributed by atoms with Crippen LogP contribution in [0.3, 0.4) is 0 Å². The van der Waals surface area contributed by atoms with Crippen molar-refractivity contribution in [1.29, 1.82) is 0 Å². The van der Waals surface area contributed by atoms with Crippen molar-refractivity contribution in [1.82, 2.24) is 9.80 Å².